The van der Waals surface area contributed by atoms with Crippen molar-refractivity contribution in [1.29, 1.82) is 0 Å². The third-order valence-corrected chi connectivity index (χ3v) is 4.01. The van der Waals surface area contributed by atoms with E-state index in [1.54, 1.807) is 36.4 Å². The highest BCUT2D eigenvalue weighted by molar-refractivity contribution is 6.30. The lowest BCUT2D eigenvalue weighted by Gasteiger charge is -2.27. The van der Waals surface area contributed by atoms with Crippen molar-refractivity contribution < 1.29 is 9.18 Å². The zero-order chi connectivity index (χ0) is 15.5. The van der Waals surface area contributed by atoms with Crippen LogP contribution in [0, 0.1) is 5.82 Å². The van der Waals surface area contributed by atoms with E-state index in [4.69, 9.17) is 11.6 Å². The number of nitrogens with one attached hydrogen (secondary N) is 1. The molecular weight excluding hydrogens is 303 g/mol. The molecule has 3 rings (SSSR count). The first-order chi connectivity index (χ1) is 10.6. The number of hydrogen-bond donors (Lipinski definition) is 1. The topological polar surface area (TPSA) is 32.3 Å². The van der Waals surface area contributed by atoms with Crippen LogP contribution in [0.25, 0.3) is 11.1 Å². The number of carbonyl (C=O) groups excluding carboxylic acids is 1. The van der Waals surface area contributed by atoms with E-state index in [0.29, 0.717) is 29.2 Å². The Morgan fingerprint density at radius 2 is 1.77 bits per heavy atom. The molecule has 0 aromatic heterocycles. The smallest absolute Gasteiger partial charge is 0.253 e. The zero-order valence-corrected chi connectivity index (χ0v) is 12.7. The van der Waals surface area contributed by atoms with E-state index in [1.807, 2.05) is 4.90 Å². The van der Waals surface area contributed by atoms with Gasteiger partial charge in [-0.15, -0.1) is 0 Å². The molecular formula is C17H16ClFN2O. The summed E-state index contributed by atoms with van der Waals surface area (Å²) >= 11 is 5.76. The van der Waals surface area contributed by atoms with E-state index in [2.05, 4.69) is 5.32 Å². The Bertz CT molecular complexity index is 682. The van der Waals surface area contributed by atoms with Gasteiger partial charge >= 0.3 is 0 Å². The van der Waals surface area contributed by atoms with Crippen molar-refractivity contribution in [3.63, 3.8) is 0 Å². The molecule has 1 saturated heterocycles. The molecule has 0 unspecified atom stereocenters. The largest absolute Gasteiger partial charge is 0.336 e. The Labute approximate surface area is 133 Å². The highest BCUT2D eigenvalue weighted by Gasteiger charge is 2.17. The van der Waals surface area contributed by atoms with Gasteiger partial charge in [0.05, 0.1) is 0 Å². The normalized spacial score (nSPS) is 14.9. The molecule has 3 nitrogen and oxygen atoms in total. The average Bonchev–Trinajstić information content (AvgIpc) is 2.55. The molecule has 22 heavy (non-hydrogen) atoms. The number of carbonyl (C=O) groups is 1. The first-order valence-corrected chi connectivity index (χ1v) is 7.58. The fourth-order valence-electron chi connectivity index (χ4n) is 2.57. The van der Waals surface area contributed by atoms with Crippen molar-refractivity contribution in [2.75, 3.05) is 26.2 Å². The van der Waals surface area contributed by atoms with E-state index in [9.17, 15) is 9.18 Å². The second-order valence-electron chi connectivity index (χ2n) is 5.24. The lowest BCUT2D eigenvalue weighted by atomic mass is 10.0. The lowest BCUT2D eigenvalue weighted by molar-refractivity contribution is 0.0736. The molecule has 1 aliphatic heterocycles. The monoisotopic (exact) mass is 318 g/mol. The van der Waals surface area contributed by atoms with Crippen molar-refractivity contribution >= 4 is 17.5 Å². The standard InChI is InChI=1S/C17H16ClFN2O/c18-14-5-6-15(16(19)11-14)12-1-3-13(4-2-12)17(22)21-9-7-20-8-10-21/h1-6,11,20H,7-10H2. The van der Waals surface area contributed by atoms with Crippen molar-refractivity contribution in [2.24, 2.45) is 0 Å². The van der Waals surface area contributed by atoms with E-state index in [0.717, 1.165) is 18.7 Å². The Morgan fingerprint density at radius 1 is 1.09 bits per heavy atom. The van der Waals surface area contributed by atoms with Gasteiger partial charge in [0.2, 0.25) is 0 Å². The summed E-state index contributed by atoms with van der Waals surface area (Å²) in [5, 5.41) is 3.58. The molecule has 0 spiro atoms. The van der Waals surface area contributed by atoms with Crippen LogP contribution in [0.4, 0.5) is 4.39 Å². The predicted molar refractivity (Wildman–Crippen MR) is 85.6 cm³/mol. The van der Waals surface area contributed by atoms with Crippen LogP contribution in [0.2, 0.25) is 5.02 Å². The molecule has 114 valence electrons. The van der Waals surface area contributed by atoms with Crippen LogP contribution in [0.1, 0.15) is 10.4 Å². The van der Waals surface area contributed by atoms with Gasteiger partial charge in [0, 0.05) is 42.3 Å². The quantitative estimate of drug-likeness (QED) is 0.922. The summed E-state index contributed by atoms with van der Waals surface area (Å²) in [6.07, 6.45) is 0. The number of hydrogen-bond acceptors (Lipinski definition) is 2. The summed E-state index contributed by atoms with van der Waals surface area (Å²) in [4.78, 5) is 14.2. The van der Waals surface area contributed by atoms with Crippen LogP contribution < -0.4 is 5.32 Å². The number of piperazine rings is 1. The number of halogens is 2. The zero-order valence-electron chi connectivity index (χ0n) is 12.0. The molecule has 5 heteroatoms. The van der Waals surface area contributed by atoms with Crippen LogP contribution in [-0.4, -0.2) is 37.0 Å². The minimum Gasteiger partial charge on any atom is -0.336 e. The maximum absolute atomic E-state index is 13.9. The minimum atomic E-state index is -0.367. The number of nitrogens with zero attached hydrogens (tertiary/aromatic N) is 1. The van der Waals surface area contributed by atoms with Crippen LogP contribution in [0.5, 0.6) is 0 Å². The maximum atomic E-state index is 13.9. The Balaban J connectivity index is 1.81. The molecule has 0 saturated carbocycles. The third-order valence-electron chi connectivity index (χ3n) is 3.78. The SMILES string of the molecule is O=C(c1ccc(-c2ccc(Cl)cc2F)cc1)N1CCNCC1. The van der Waals surface area contributed by atoms with Crippen LogP contribution in [-0.2, 0) is 0 Å². The summed E-state index contributed by atoms with van der Waals surface area (Å²) in [5.74, 6) is -0.349. The minimum absolute atomic E-state index is 0.0182. The van der Waals surface area contributed by atoms with Gasteiger partial charge in [0.1, 0.15) is 5.82 Å². The molecule has 1 heterocycles. The second-order valence-corrected chi connectivity index (χ2v) is 5.68. The molecule has 0 radical (unpaired) electrons. The Hall–Kier alpha value is -1.91. The molecule has 0 atom stereocenters. The van der Waals surface area contributed by atoms with E-state index >= 15 is 0 Å². The van der Waals surface area contributed by atoms with Crippen LogP contribution in [0.3, 0.4) is 0 Å². The van der Waals surface area contributed by atoms with Crippen LogP contribution >= 0.6 is 11.6 Å². The molecule has 2 aromatic carbocycles. The fourth-order valence-corrected chi connectivity index (χ4v) is 2.73. The summed E-state index contributed by atoms with van der Waals surface area (Å²) in [7, 11) is 0. The molecule has 1 N–H and O–H groups in total. The van der Waals surface area contributed by atoms with Gasteiger partial charge < -0.3 is 10.2 Å². The van der Waals surface area contributed by atoms with Crippen molar-refractivity contribution in [1.82, 2.24) is 10.2 Å². The van der Waals surface area contributed by atoms with Gasteiger partial charge in [-0.3, -0.25) is 4.79 Å². The summed E-state index contributed by atoms with van der Waals surface area (Å²) < 4.78 is 13.9. The second kappa shape index (κ2) is 6.46. The molecule has 0 bridgehead atoms. The fraction of sp³-hybridized carbons (Fsp3) is 0.235. The van der Waals surface area contributed by atoms with E-state index in [-0.39, 0.29) is 11.7 Å². The summed E-state index contributed by atoms with van der Waals surface area (Å²) in [5.41, 5.74) is 1.83. The van der Waals surface area contributed by atoms with Gasteiger partial charge in [-0.25, -0.2) is 4.39 Å². The third kappa shape index (κ3) is 3.13. The first-order valence-electron chi connectivity index (χ1n) is 7.20. The molecule has 1 fully saturated rings. The molecule has 2 aromatic rings. The van der Waals surface area contributed by atoms with E-state index < -0.39 is 0 Å². The van der Waals surface area contributed by atoms with Gasteiger partial charge in [-0.1, -0.05) is 23.7 Å². The highest BCUT2D eigenvalue weighted by atomic mass is 35.5. The van der Waals surface area contributed by atoms with Crippen molar-refractivity contribution in [3.05, 3.63) is 58.9 Å². The van der Waals surface area contributed by atoms with Gasteiger partial charge in [-0.05, 0) is 35.9 Å². The van der Waals surface area contributed by atoms with E-state index in [1.165, 1.54) is 6.07 Å². The van der Waals surface area contributed by atoms with Crippen molar-refractivity contribution in [2.45, 2.75) is 0 Å². The lowest BCUT2D eigenvalue weighted by Crippen LogP contribution is -2.46. The summed E-state index contributed by atoms with van der Waals surface area (Å²) in [6, 6.07) is 11.6. The van der Waals surface area contributed by atoms with Crippen molar-refractivity contribution in [3.8, 4) is 11.1 Å². The Kier molecular flexibility index (Phi) is 4.41. The highest BCUT2D eigenvalue weighted by Crippen LogP contribution is 2.25. The summed E-state index contributed by atoms with van der Waals surface area (Å²) in [6.45, 7) is 3.07. The predicted octanol–water partition coefficient (Wildman–Crippen LogP) is 3.19. The molecule has 0 aliphatic carbocycles. The first kappa shape index (κ1) is 15.0. The average molecular weight is 319 g/mol. The van der Waals surface area contributed by atoms with Gasteiger partial charge in [0.15, 0.2) is 0 Å². The number of rotatable bonds is 2. The Morgan fingerprint density at radius 3 is 2.41 bits per heavy atom. The van der Waals surface area contributed by atoms with Gasteiger partial charge in [-0.2, -0.15) is 0 Å². The van der Waals surface area contributed by atoms with Crippen LogP contribution in [0.15, 0.2) is 42.5 Å². The maximum Gasteiger partial charge on any atom is 0.253 e. The van der Waals surface area contributed by atoms with Gasteiger partial charge in [0.25, 0.3) is 5.91 Å². The molecule has 1 aliphatic rings. The molecule has 1 amide bonds. The number of amides is 1. The number of benzene rings is 2.